The third-order valence-corrected chi connectivity index (χ3v) is 6.40. The van der Waals surface area contributed by atoms with E-state index in [4.69, 9.17) is 9.47 Å². The van der Waals surface area contributed by atoms with Gasteiger partial charge in [0.05, 0.1) is 5.25 Å². The maximum atomic E-state index is 12.5. The molecule has 1 aliphatic carbocycles. The lowest BCUT2D eigenvalue weighted by Crippen LogP contribution is -2.42. The van der Waals surface area contributed by atoms with Crippen molar-refractivity contribution in [1.29, 1.82) is 0 Å². The molecule has 0 spiro atoms. The van der Waals surface area contributed by atoms with E-state index in [9.17, 15) is 13.2 Å². The van der Waals surface area contributed by atoms with Crippen molar-refractivity contribution in [3.8, 4) is 5.75 Å². The van der Waals surface area contributed by atoms with Gasteiger partial charge in [0.1, 0.15) is 5.75 Å². The van der Waals surface area contributed by atoms with Crippen molar-refractivity contribution in [2.45, 2.75) is 50.8 Å². The summed E-state index contributed by atoms with van der Waals surface area (Å²) in [5.41, 5.74) is 0.672. The molecule has 146 valence electrons. The highest BCUT2D eigenvalue weighted by molar-refractivity contribution is 7.90. The third kappa shape index (κ3) is 5.96. The highest BCUT2D eigenvalue weighted by Gasteiger charge is 2.29. The topological polar surface area (TPSA) is 93.7 Å². The second-order valence-electron chi connectivity index (χ2n) is 6.83. The third-order valence-electron chi connectivity index (χ3n) is 4.49. The molecule has 8 heteroatoms. The Morgan fingerprint density at radius 1 is 1.23 bits per heavy atom. The first-order valence-electron chi connectivity index (χ1n) is 8.85. The molecule has 26 heavy (non-hydrogen) atoms. The Bertz CT molecular complexity index is 697. The molecule has 0 saturated heterocycles. The summed E-state index contributed by atoms with van der Waals surface area (Å²) >= 11 is 0. The second-order valence-corrected chi connectivity index (χ2v) is 9.10. The summed E-state index contributed by atoms with van der Waals surface area (Å²) in [6, 6.07) is 7.07. The first-order chi connectivity index (χ1) is 12.3. The summed E-state index contributed by atoms with van der Waals surface area (Å²) in [6.07, 6.45) is 2.66. The van der Waals surface area contributed by atoms with Crippen LogP contribution < -0.4 is 14.8 Å². The van der Waals surface area contributed by atoms with Crippen molar-refractivity contribution in [3.05, 3.63) is 24.3 Å². The normalized spacial score (nSPS) is 20.8. The number of benzene rings is 1. The smallest absolute Gasteiger partial charge is 0.227 e. The Morgan fingerprint density at radius 2 is 1.92 bits per heavy atom. The molecule has 0 unspecified atom stereocenters. The molecule has 0 heterocycles. The molecule has 2 rings (SSSR count). The lowest BCUT2D eigenvalue weighted by molar-refractivity contribution is -0.120. The number of hydrogen-bond donors (Lipinski definition) is 2. The minimum absolute atomic E-state index is 0.0425. The summed E-state index contributed by atoms with van der Waals surface area (Å²) < 4.78 is 36.9. The first kappa shape index (κ1) is 20.7. The highest BCUT2D eigenvalue weighted by Crippen LogP contribution is 2.27. The second kappa shape index (κ2) is 9.34. The van der Waals surface area contributed by atoms with Gasteiger partial charge in [0.15, 0.2) is 6.79 Å². The summed E-state index contributed by atoms with van der Waals surface area (Å²) in [7, 11) is -1.73. The van der Waals surface area contributed by atoms with E-state index >= 15 is 0 Å². The van der Waals surface area contributed by atoms with Gasteiger partial charge in [0.25, 0.3) is 0 Å². The average Bonchev–Trinajstić information content (AvgIpc) is 2.60. The van der Waals surface area contributed by atoms with Crippen molar-refractivity contribution in [2.24, 2.45) is 5.92 Å². The van der Waals surface area contributed by atoms with Gasteiger partial charge in [-0.1, -0.05) is 6.07 Å². The predicted octanol–water partition coefficient (Wildman–Crippen LogP) is 2.49. The van der Waals surface area contributed by atoms with Crippen molar-refractivity contribution in [1.82, 2.24) is 4.72 Å². The maximum absolute atomic E-state index is 12.5. The molecular weight excluding hydrogens is 356 g/mol. The van der Waals surface area contributed by atoms with Crippen LogP contribution in [0.4, 0.5) is 5.69 Å². The van der Waals surface area contributed by atoms with Crippen LogP contribution in [0.15, 0.2) is 24.3 Å². The molecule has 7 nitrogen and oxygen atoms in total. The Labute approximate surface area is 155 Å². The zero-order valence-electron chi connectivity index (χ0n) is 15.5. The van der Waals surface area contributed by atoms with E-state index in [-0.39, 0.29) is 24.7 Å². The van der Waals surface area contributed by atoms with Crippen LogP contribution in [-0.2, 0) is 19.6 Å². The van der Waals surface area contributed by atoms with E-state index in [1.54, 1.807) is 45.2 Å². The summed E-state index contributed by atoms with van der Waals surface area (Å²) in [5.74, 6) is 0.467. The number of methoxy groups -OCH3 is 1. The molecular formula is C18H28N2O5S. The van der Waals surface area contributed by atoms with E-state index in [0.717, 1.165) is 0 Å². The van der Waals surface area contributed by atoms with Gasteiger partial charge in [-0.15, -0.1) is 0 Å². The molecule has 0 atom stereocenters. The molecule has 1 amide bonds. The van der Waals surface area contributed by atoms with Crippen molar-refractivity contribution < 1.29 is 22.7 Å². The standard InChI is InChI=1S/C18H28N2O5S/c1-13(2)26(22,23)20-15-9-7-14(8-10-15)18(21)19-16-5-4-6-17(11-16)25-12-24-3/h4-6,11,13-15,20H,7-10,12H2,1-3H3,(H,19,21). The van der Waals surface area contributed by atoms with Crippen LogP contribution in [-0.4, -0.2) is 39.5 Å². The van der Waals surface area contributed by atoms with Gasteiger partial charge in [-0.05, 0) is 51.7 Å². The Hall–Kier alpha value is -1.64. The van der Waals surface area contributed by atoms with Crippen LogP contribution >= 0.6 is 0 Å². The molecule has 1 fully saturated rings. The van der Waals surface area contributed by atoms with E-state index in [1.807, 2.05) is 0 Å². The fourth-order valence-electron chi connectivity index (χ4n) is 2.88. The van der Waals surface area contributed by atoms with Crippen LogP contribution in [0.25, 0.3) is 0 Å². The monoisotopic (exact) mass is 384 g/mol. The van der Waals surface area contributed by atoms with Gasteiger partial charge in [-0.2, -0.15) is 0 Å². The van der Waals surface area contributed by atoms with Gasteiger partial charge in [-0.3, -0.25) is 4.79 Å². The molecule has 1 aliphatic rings. The number of carbonyl (C=O) groups is 1. The van der Waals surface area contributed by atoms with Crippen LogP contribution in [0.2, 0.25) is 0 Å². The van der Waals surface area contributed by atoms with Crippen LogP contribution in [0.1, 0.15) is 39.5 Å². The molecule has 1 aromatic carbocycles. The Balaban J connectivity index is 1.85. The number of nitrogens with one attached hydrogen (secondary N) is 2. The molecule has 0 bridgehead atoms. The van der Waals surface area contributed by atoms with Gasteiger partial charge >= 0.3 is 0 Å². The van der Waals surface area contributed by atoms with Crippen molar-refractivity contribution >= 4 is 21.6 Å². The van der Waals surface area contributed by atoms with E-state index < -0.39 is 15.3 Å². The number of anilines is 1. The summed E-state index contributed by atoms with van der Waals surface area (Å²) in [4.78, 5) is 12.5. The zero-order chi connectivity index (χ0) is 19.2. The number of rotatable bonds is 8. The lowest BCUT2D eigenvalue weighted by atomic mass is 9.86. The maximum Gasteiger partial charge on any atom is 0.227 e. The predicted molar refractivity (Wildman–Crippen MR) is 101 cm³/mol. The Kier molecular flexibility index (Phi) is 7.43. The number of hydrogen-bond acceptors (Lipinski definition) is 5. The van der Waals surface area contributed by atoms with Gasteiger partial charge < -0.3 is 14.8 Å². The molecule has 0 aromatic heterocycles. The van der Waals surface area contributed by atoms with E-state index in [0.29, 0.717) is 37.1 Å². The van der Waals surface area contributed by atoms with Crippen LogP contribution in [0.5, 0.6) is 5.75 Å². The van der Waals surface area contributed by atoms with Crippen molar-refractivity contribution in [3.63, 3.8) is 0 Å². The highest BCUT2D eigenvalue weighted by atomic mass is 32.2. The largest absolute Gasteiger partial charge is 0.467 e. The molecule has 1 saturated carbocycles. The number of ether oxygens (including phenoxy) is 2. The van der Waals surface area contributed by atoms with E-state index in [1.165, 1.54) is 0 Å². The van der Waals surface area contributed by atoms with E-state index in [2.05, 4.69) is 10.0 Å². The quantitative estimate of drug-likeness (QED) is 0.672. The molecule has 0 aliphatic heterocycles. The summed E-state index contributed by atoms with van der Waals surface area (Å²) in [5, 5.41) is 2.46. The minimum atomic E-state index is -3.27. The van der Waals surface area contributed by atoms with Crippen LogP contribution in [0, 0.1) is 5.92 Å². The number of sulfonamides is 1. The summed E-state index contributed by atoms with van der Waals surface area (Å²) in [6.45, 7) is 3.46. The minimum Gasteiger partial charge on any atom is -0.467 e. The molecule has 2 N–H and O–H groups in total. The molecule has 1 aromatic rings. The Morgan fingerprint density at radius 3 is 2.54 bits per heavy atom. The van der Waals surface area contributed by atoms with Crippen molar-refractivity contribution in [2.75, 3.05) is 19.2 Å². The SMILES string of the molecule is COCOc1cccc(NC(=O)C2CCC(NS(=O)(=O)C(C)C)CC2)c1. The van der Waals surface area contributed by atoms with Gasteiger partial charge in [0, 0.05) is 30.8 Å². The number of carbonyl (C=O) groups excluding carboxylic acids is 1. The zero-order valence-corrected chi connectivity index (χ0v) is 16.3. The van der Waals surface area contributed by atoms with Crippen LogP contribution in [0.3, 0.4) is 0 Å². The fraction of sp³-hybridized carbons (Fsp3) is 0.611. The fourth-order valence-corrected chi connectivity index (χ4v) is 3.85. The van der Waals surface area contributed by atoms with Gasteiger partial charge in [0.2, 0.25) is 15.9 Å². The lowest BCUT2D eigenvalue weighted by Gasteiger charge is -2.28. The number of amides is 1. The average molecular weight is 384 g/mol. The van der Waals surface area contributed by atoms with Gasteiger partial charge in [-0.25, -0.2) is 13.1 Å². The first-order valence-corrected chi connectivity index (χ1v) is 10.4. The molecule has 0 radical (unpaired) electrons.